The Labute approximate surface area is 138 Å². The fraction of sp³-hybridized carbons (Fsp3) is 0.562. The van der Waals surface area contributed by atoms with Crippen LogP contribution in [0.1, 0.15) is 51.0 Å². The van der Waals surface area contributed by atoms with Crippen LogP contribution in [-0.4, -0.2) is 12.0 Å². The van der Waals surface area contributed by atoms with E-state index in [-0.39, 0.29) is 24.0 Å². The molecular formula is C16H24IN3. The molecule has 0 radical (unpaired) electrons. The molecule has 2 saturated carbocycles. The van der Waals surface area contributed by atoms with E-state index in [1.165, 1.54) is 31.2 Å². The van der Waals surface area contributed by atoms with Gasteiger partial charge in [0, 0.05) is 5.69 Å². The molecule has 0 amide bonds. The molecular weight excluding hydrogens is 361 g/mol. The Morgan fingerprint density at radius 1 is 1.40 bits per heavy atom. The van der Waals surface area contributed by atoms with Crippen LogP contribution in [0.5, 0.6) is 0 Å². The summed E-state index contributed by atoms with van der Waals surface area (Å²) in [5.74, 6) is 1.17. The van der Waals surface area contributed by atoms with Gasteiger partial charge in [-0.3, -0.25) is 0 Å². The van der Waals surface area contributed by atoms with Crippen LogP contribution >= 0.6 is 24.0 Å². The largest absolute Gasteiger partial charge is 0.370 e. The molecule has 3 rings (SSSR count). The quantitative estimate of drug-likeness (QED) is 0.466. The van der Waals surface area contributed by atoms with E-state index in [0.29, 0.717) is 23.3 Å². The third kappa shape index (κ3) is 3.27. The van der Waals surface area contributed by atoms with Gasteiger partial charge in [-0.1, -0.05) is 26.0 Å². The lowest BCUT2D eigenvalue weighted by atomic mass is 9.99. The second-order valence-corrected chi connectivity index (χ2v) is 6.15. The molecule has 1 aromatic rings. The van der Waals surface area contributed by atoms with E-state index in [0.717, 1.165) is 5.69 Å². The molecule has 2 fully saturated rings. The van der Waals surface area contributed by atoms with E-state index in [4.69, 9.17) is 5.73 Å². The van der Waals surface area contributed by atoms with Crippen molar-refractivity contribution in [3.8, 4) is 0 Å². The predicted octanol–water partition coefficient (Wildman–Crippen LogP) is 4.10. The summed E-state index contributed by atoms with van der Waals surface area (Å²) in [5.41, 5.74) is 8.94. The fourth-order valence-corrected chi connectivity index (χ4v) is 2.69. The zero-order valence-electron chi connectivity index (χ0n) is 12.2. The summed E-state index contributed by atoms with van der Waals surface area (Å²) < 4.78 is 0. The molecule has 2 aliphatic rings. The summed E-state index contributed by atoms with van der Waals surface area (Å²) >= 11 is 0. The third-order valence-electron chi connectivity index (χ3n) is 4.70. The van der Waals surface area contributed by atoms with E-state index in [1.807, 2.05) is 0 Å². The maximum Gasteiger partial charge on any atom is 0.193 e. The minimum absolute atomic E-state index is 0. The molecule has 3 nitrogen and oxygen atoms in total. The molecule has 0 heterocycles. The lowest BCUT2D eigenvalue weighted by Gasteiger charge is -2.10. The van der Waals surface area contributed by atoms with Crippen LogP contribution in [0, 0.1) is 5.41 Å². The molecule has 0 aliphatic heterocycles. The topological polar surface area (TPSA) is 50.4 Å². The van der Waals surface area contributed by atoms with Gasteiger partial charge in [0.05, 0.1) is 6.04 Å². The van der Waals surface area contributed by atoms with Crippen molar-refractivity contribution in [2.75, 3.05) is 5.32 Å². The second-order valence-electron chi connectivity index (χ2n) is 6.15. The van der Waals surface area contributed by atoms with Crippen molar-refractivity contribution < 1.29 is 0 Å². The fourth-order valence-electron chi connectivity index (χ4n) is 2.69. The molecule has 1 spiro atoms. The first-order chi connectivity index (χ1) is 9.13. The van der Waals surface area contributed by atoms with E-state index < -0.39 is 0 Å². The number of aliphatic imine (C=N–C) groups is 1. The first kappa shape index (κ1) is 15.6. The van der Waals surface area contributed by atoms with Gasteiger partial charge in [-0.05, 0) is 54.7 Å². The van der Waals surface area contributed by atoms with Crippen molar-refractivity contribution in [1.82, 2.24) is 0 Å². The van der Waals surface area contributed by atoms with Gasteiger partial charge in [0.15, 0.2) is 5.96 Å². The van der Waals surface area contributed by atoms with Gasteiger partial charge in [0.25, 0.3) is 0 Å². The van der Waals surface area contributed by atoms with Crippen molar-refractivity contribution in [3.05, 3.63) is 29.8 Å². The van der Waals surface area contributed by atoms with E-state index in [2.05, 4.69) is 48.4 Å². The first-order valence-corrected chi connectivity index (χ1v) is 7.33. The SMILES string of the molecule is CCC(C)c1ccc(NC(N)=NC2CC23CC3)cc1.I. The molecule has 2 aliphatic carbocycles. The summed E-state index contributed by atoms with van der Waals surface area (Å²) in [6, 6.07) is 9.00. The van der Waals surface area contributed by atoms with Crippen LogP contribution in [0.4, 0.5) is 5.69 Å². The maximum absolute atomic E-state index is 5.96. The van der Waals surface area contributed by atoms with Crippen LogP contribution < -0.4 is 11.1 Å². The van der Waals surface area contributed by atoms with Crippen LogP contribution in [0.3, 0.4) is 0 Å². The minimum atomic E-state index is 0. The van der Waals surface area contributed by atoms with Gasteiger partial charge in [-0.25, -0.2) is 4.99 Å². The molecule has 2 atom stereocenters. The summed E-state index contributed by atoms with van der Waals surface area (Å²) in [4.78, 5) is 4.56. The number of guanidine groups is 1. The van der Waals surface area contributed by atoms with Crippen molar-refractivity contribution >= 4 is 35.6 Å². The van der Waals surface area contributed by atoms with Crippen molar-refractivity contribution in [1.29, 1.82) is 0 Å². The molecule has 0 aromatic heterocycles. The number of nitrogens with one attached hydrogen (secondary N) is 1. The van der Waals surface area contributed by atoms with Gasteiger partial charge in [0.2, 0.25) is 0 Å². The van der Waals surface area contributed by atoms with Crippen molar-refractivity contribution in [2.24, 2.45) is 16.1 Å². The highest BCUT2D eigenvalue weighted by Crippen LogP contribution is 2.67. The van der Waals surface area contributed by atoms with Gasteiger partial charge < -0.3 is 11.1 Å². The van der Waals surface area contributed by atoms with Gasteiger partial charge in [-0.2, -0.15) is 0 Å². The zero-order valence-corrected chi connectivity index (χ0v) is 14.6. The number of nitrogens with two attached hydrogens (primary N) is 1. The second kappa shape index (κ2) is 5.92. The smallest absolute Gasteiger partial charge is 0.193 e. The minimum Gasteiger partial charge on any atom is -0.370 e. The average Bonchev–Trinajstić information content (AvgIpc) is 3.31. The summed E-state index contributed by atoms with van der Waals surface area (Å²) in [6.45, 7) is 4.46. The zero-order chi connectivity index (χ0) is 13.5. The number of nitrogens with zero attached hydrogens (tertiary/aromatic N) is 1. The number of rotatable bonds is 4. The molecule has 0 saturated heterocycles. The lowest BCUT2D eigenvalue weighted by molar-refractivity contribution is 0.734. The van der Waals surface area contributed by atoms with Gasteiger partial charge in [-0.15, -0.1) is 24.0 Å². The Morgan fingerprint density at radius 3 is 2.55 bits per heavy atom. The number of anilines is 1. The molecule has 4 heteroatoms. The maximum atomic E-state index is 5.96. The summed E-state index contributed by atoms with van der Waals surface area (Å²) in [7, 11) is 0. The third-order valence-corrected chi connectivity index (χ3v) is 4.70. The van der Waals surface area contributed by atoms with Crippen molar-refractivity contribution in [3.63, 3.8) is 0 Å². The Morgan fingerprint density at radius 2 is 2.05 bits per heavy atom. The van der Waals surface area contributed by atoms with Crippen molar-refractivity contribution in [2.45, 2.75) is 51.5 Å². The van der Waals surface area contributed by atoms with Gasteiger partial charge in [0.1, 0.15) is 0 Å². The summed E-state index contributed by atoms with van der Waals surface area (Å²) in [5, 5.41) is 3.19. The molecule has 0 bridgehead atoms. The van der Waals surface area contributed by atoms with Gasteiger partial charge >= 0.3 is 0 Å². The Balaban J connectivity index is 0.00000147. The molecule has 20 heavy (non-hydrogen) atoms. The highest BCUT2D eigenvalue weighted by Gasteiger charge is 2.63. The van der Waals surface area contributed by atoms with Crippen LogP contribution in [0.25, 0.3) is 0 Å². The monoisotopic (exact) mass is 385 g/mol. The predicted molar refractivity (Wildman–Crippen MR) is 95.9 cm³/mol. The Bertz CT molecular complexity index is 491. The van der Waals surface area contributed by atoms with Crippen LogP contribution in [0.15, 0.2) is 29.3 Å². The highest BCUT2D eigenvalue weighted by molar-refractivity contribution is 14.0. The normalized spacial score (nSPS) is 23.9. The highest BCUT2D eigenvalue weighted by atomic mass is 127. The molecule has 3 N–H and O–H groups in total. The standard InChI is InChI=1S/C16H23N3.HI/c1-3-11(2)12-4-6-13(7-5-12)18-15(17)19-14-10-16(14)8-9-16;/h4-7,11,14H,3,8-10H2,1-2H3,(H3,17,18,19);1H. The van der Waals surface area contributed by atoms with E-state index >= 15 is 0 Å². The summed E-state index contributed by atoms with van der Waals surface area (Å²) in [6.07, 6.45) is 5.10. The number of halogens is 1. The first-order valence-electron chi connectivity index (χ1n) is 7.33. The Kier molecular flexibility index (Phi) is 4.62. The molecule has 2 unspecified atom stereocenters. The van der Waals surface area contributed by atoms with E-state index in [1.54, 1.807) is 0 Å². The molecule has 1 aromatic carbocycles. The lowest BCUT2D eigenvalue weighted by Crippen LogP contribution is -2.23. The average molecular weight is 385 g/mol. The van der Waals surface area contributed by atoms with E-state index in [9.17, 15) is 0 Å². The molecule has 110 valence electrons. The Hall–Kier alpha value is -0.780. The number of benzene rings is 1. The number of hydrogen-bond donors (Lipinski definition) is 2. The van der Waals surface area contributed by atoms with Crippen LogP contribution in [-0.2, 0) is 0 Å². The number of hydrogen-bond acceptors (Lipinski definition) is 1. The van der Waals surface area contributed by atoms with Crippen LogP contribution in [0.2, 0.25) is 0 Å².